The highest BCUT2D eigenvalue weighted by Gasteiger charge is 2.06. The Balaban J connectivity index is 3.44. The predicted molar refractivity (Wildman–Crippen MR) is 59.1 cm³/mol. The van der Waals surface area contributed by atoms with Gasteiger partial charge in [-0.05, 0) is 13.8 Å². The molecule has 1 amide bonds. The number of amides is 1. The molecule has 0 aliphatic carbocycles. The molecule has 0 saturated carbocycles. The molecule has 0 aliphatic heterocycles. The lowest BCUT2D eigenvalue weighted by Gasteiger charge is -2.12. The fraction of sp³-hybridized carbons (Fsp3) is 0.778. The van der Waals surface area contributed by atoms with Crippen molar-refractivity contribution in [3.8, 4) is 0 Å². The van der Waals surface area contributed by atoms with Crippen LogP contribution in [0.3, 0.4) is 0 Å². The van der Waals surface area contributed by atoms with Gasteiger partial charge in [-0.2, -0.15) is 0 Å². The minimum absolute atomic E-state index is 0.0107. The maximum absolute atomic E-state index is 11.2. The highest BCUT2D eigenvalue weighted by Crippen LogP contribution is 1.98. The van der Waals surface area contributed by atoms with Crippen molar-refractivity contribution in [3.63, 3.8) is 0 Å². The van der Waals surface area contributed by atoms with Crippen LogP contribution in [0.5, 0.6) is 0 Å². The molecule has 6 heteroatoms. The minimum Gasteiger partial charge on any atom is -0.481 e. The molecule has 15 heavy (non-hydrogen) atoms. The molecule has 0 bridgehead atoms. The molecular formula is C9H17NO4S. The molecule has 0 saturated heterocycles. The third kappa shape index (κ3) is 9.55. The Kier molecular flexibility index (Phi) is 8.12. The van der Waals surface area contributed by atoms with E-state index in [1.165, 1.54) is 0 Å². The van der Waals surface area contributed by atoms with E-state index in [1.54, 1.807) is 0 Å². The third-order valence-corrected chi connectivity index (χ3v) is 2.41. The van der Waals surface area contributed by atoms with Gasteiger partial charge < -0.3 is 15.2 Å². The van der Waals surface area contributed by atoms with E-state index in [0.717, 1.165) is 11.8 Å². The van der Waals surface area contributed by atoms with Crippen molar-refractivity contribution in [2.45, 2.75) is 20.0 Å². The zero-order valence-corrected chi connectivity index (χ0v) is 9.80. The van der Waals surface area contributed by atoms with Gasteiger partial charge >= 0.3 is 5.97 Å². The number of nitrogens with one attached hydrogen (secondary N) is 1. The van der Waals surface area contributed by atoms with Crippen molar-refractivity contribution < 1.29 is 19.4 Å². The van der Waals surface area contributed by atoms with Crippen LogP contribution in [-0.4, -0.2) is 47.7 Å². The summed E-state index contributed by atoms with van der Waals surface area (Å²) >= 11 is 1.08. The van der Waals surface area contributed by atoms with Gasteiger partial charge in [0, 0.05) is 13.2 Å². The first-order chi connectivity index (χ1) is 7.06. The first kappa shape index (κ1) is 14.2. The number of carbonyl (C=O) groups is 2. The summed E-state index contributed by atoms with van der Waals surface area (Å²) in [5.41, 5.74) is 0. The Hall–Kier alpha value is -0.750. The summed E-state index contributed by atoms with van der Waals surface area (Å²) in [6.07, 6.45) is -0.0107. The van der Waals surface area contributed by atoms with Crippen LogP contribution in [0.2, 0.25) is 0 Å². The van der Waals surface area contributed by atoms with Crippen molar-refractivity contribution in [1.82, 2.24) is 5.32 Å². The van der Waals surface area contributed by atoms with E-state index >= 15 is 0 Å². The van der Waals surface area contributed by atoms with Gasteiger partial charge in [0.2, 0.25) is 5.91 Å². The summed E-state index contributed by atoms with van der Waals surface area (Å²) < 4.78 is 5.22. The highest BCUT2D eigenvalue weighted by molar-refractivity contribution is 8.00. The van der Waals surface area contributed by atoms with Crippen LogP contribution in [0, 0.1) is 0 Å². The fourth-order valence-corrected chi connectivity index (χ4v) is 1.45. The van der Waals surface area contributed by atoms with Crippen molar-refractivity contribution in [1.29, 1.82) is 0 Å². The van der Waals surface area contributed by atoms with Gasteiger partial charge in [-0.25, -0.2) is 0 Å². The maximum Gasteiger partial charge on any atom is 0.313 e. The lowest BCUT2D eigenvalue weighted by atomic mass is 10.4. The van der Waals surface area contributed by atoms with Crippen molar-refractivity contribution in [2.75, 3.05) is 24.7 Å². The molecule has 0 heterocycles. The molecule has 1 atom stereocenters. The van der Waals surface area contributed by atoms with E-state index in [1.807, 2.05) is 13.8 Å². The third-order valence-electron chi connectivity index (χ3n) is 1.50. The number of ether oxygens (including phenoxy) is 1. The Labute approximate surface area is 93.6 Å². The number of carbonyl (C=O) groups excluding carboxylic acids is 1. The topological polar surface area (TPSA) is 75.6 Å². The number of thioether (sulfide) groups is 1. The zero-order chi connectivity index (χ0) is 11.7. The Morgan fingerprint density at radius 1 is 1.47 bits per heavy atom. The average molecular weight is 235 g/mol. The average Bonchev–Trinajstić information content (AvgIpc) is 2.14. The Morgan fingerprint density at radius 3 is 2.67 bits per heavy atom. The fourth-order valence-electron chi connectivity index (χ4n) is 0.883. The van der Waals surface area contributed by atoms with Crippen LogP contribution >= 0.6 is 11.8 Å². The van der Waals surface area contributed by atoms with E-state index in [2.05, 4.69) is 5.32 Å². The largest absolute Gasteiger partial charge is 0.481 e. The van der Waals surface area contributed by atoms with Crippen LogP contribution in [0.15, 0.2) is 0 Å². The smallest absolute Gasteiger partial charge is 0.313 e. The van der Waals surface area contributed by atoms with Crippen molar-refractivity contribution >= 4 is 23.6 Å². The molecule has 0 aliphatic rings. The molecule has 2 N–H and O–H groups in total. The molecule has 0 aromatic carbocycles. The van der Waals surface area contributed by atoms with E-state index in [9.17, 15) is 9.59 Å². The first-order valence-corrected chi connectivity index (χ1v) is 5.89. The summed E-state index contributed by atoms with van der Waals surface area (Å²) in [4.78, 5) is 21.3. The predicted octanol–water partition coefficient (Wildman–Crippen LogP) is 0.345. The van der Waals surface area contributed by atoms with Crippen LogP contribution in [0.25, 0.3) is 0 Å². The van der Waals surface area contributed by atoms with Gasteiger partial charge in [0.25, 0.3) is 0 Å². The molecule has 0 radical (unpaired) electrons. The molecule has 5 nitrogen and oxygen atoms in total. The summed E-state index contributed by atoms with van der Waals surface area (Å²) in [6, 6.07) is 0. The first-order valence-electron chi connectivity index (χ1n) is 4.74. The number of rotatable bonds is 8. The van der Waals surface area contributed by atoms with Crippen LogP contribution < -0.4 is 5.32 Å². The van der Waals surface area contributed by atoms with Gasteiger partial charge in [-0.1, -0.05) is 0 Å². The molecule has 0 fully saturated rings. The summed E-state index contributed by atoms with van der Waals surface area (Å²) in [7, 11) is 0. The van der Waals surface area contributed by atoms with Gasteiger partial charge in [0.15, 0.2) is 0 Å². The van der Waals surface area contributed by atoms with Gasteiger partial charge in [0.1, 0.15) is 0 Å². The lowest BCUT2D eigenvalue weighted by molar-refractivity contribution is -0.133. The van der Waals surface area contributed by atoms with Crippen molar-refractivity contribution in [2.24, 2.45) is 0 Å². The number of carboxylic acid groups (broad SMARTS) is 1. The van der Waals surface area contributed by atoms with Gasteiger partial charge in [-0.3, -0.25) is 9.59 Å². The van der Waals surface area contributed by atoms with E-state index < -0.39 is 5.97 Å². The molecule has 0 rings (SSSR count). The summed E-state index contributed by atoms with van der Waals surface area (Å²) in [5.74, 6) is -0.942. The van der Waals surface area contributed by atoms with E-state index in [4.69, 9.17) is 9.84 Å². The SMILES string of the molecule is CCOC(C)CNC(=O)CSCC(=O)O. The molecule has 0 aromatic heterocycles. The molecule has 88 valence electrons. The van der Waals surface area contributed by atoms with E-state index in [-0.39, 0.29) is 23.5 Å². The van der Waals surface area contributed by atoms with Crippen LogP contribution in [0.1, 0.15) is 13.8 Å². The molecule has 1 unspecified atom stereocenters. The second-order valence-corrected chi connectivity index (χ2v) is 3.94. The quantitative estimate of drug-likeness (QED) is 0.634. The lowest BCUT2D eigenvalue weighted by Crippen LogP contribution is -2.33. The second kappa shape index (κ2) is 8.55. The number of hydrogen-bond donors (Lipinski definition) is 2. The summed E-state index contributed by atoms with van der Waals surface area (Å²) in [5, 5.41) is 11.0. The van der Waals surface area contributed by atoms with Crippen LogP contribution in [0.4, 0.5) is 0 Å². The summed E-state index contributed by atoms with van der Waals surface area (Å²) in [6.45, 7) is 4.83. The maximum atomic E-state index is 11.2. The Bertz CT molecular complexity index is 210. The number of carboxylic acids is 1. The molecule has 0 aromatic rings. The number of hydrogen-bond acceptors (Lipinski definition) is 4. The van der Waals surface area contributed by atoms with E-state index in [0.29, 0.717) is 13.2 Å². The standard InChI is InChI=1S/C9H17NO4S/c1-3-14-7(2)4-10-8(11)5-15-6-9(12)13/h7H,3-6H2,1-2H3,(H,10,11)(H,12,13). The highest BCUT2D eigenvalue weighted by atomic mass is 32.2. The monoisotopic (exact) mass is 235 g/mol. The van der Waals surface area contributed by atoms with Crippen LogP contribution in [-0.2, 0) is 14.3 Å². The van der Waals surface area contributed by atoms with Gasteiger partial charge in [0.05, 0.1) is 17.6 Å². The zero-order valence-electron chi connectivity index (χ0n) is 8.99. The normalized spacial score (nSPS) is 12.1. The van der Waals surface area contributed by atoms with Crippen molar-refractivity contribution in [3.05, 3.63) is 0 Å². The minimum atomic E-state index is -0.907. The van der Waals surface area contributed by atoms with Gasteiger partial charge in [-0.15, -0.1) is 11.8 Å². The second-order valence-electron chi connectivity index (χ2n) is 2.96. The molecular weight excluding hydrogens is 218 g/mol. The number of aliphatic carboxylic acids is 1. The molecule has 0 spiro atoms. The Morgan fingerprint density at radius 2 is 2.13 bits per heavy atom.